The quantitative estimate of drug-likeness (QED) is 0.843. The molecule has 0 aliphatic carbocycles. The monoisotopic (exact) mass is 291 g/mol. The highest BCUT2D eigenvalue weighted by molar-refractivity contribution is 7.22. The van der Waals surface area contributed by atoms with Crippen LogP contribution in [0.25, 0.3) is 10.2 Å². The molecule has 1 aromatic heterocycles. The molecule has 0 bridgehead atoms. The van der Waals surface area contributed by atoms with E-state index in [1.165, 1.54) is 4.70 Å². The lowest BCUT2D eigenvalue weighted by molar-refractivity contribution is -0.141. The Morgan fingerprint density at radius 3 is 3.00 bits per heavy atom. The first-order valence-corrected chi connectivity index (χ1v) is 7.40. The van der Waals surface area contributed by atoms with Crippen molar-refractivity contribution in [2.24, 2.45) is 0 Å². The second kappa shape index (κ2) is 5.38. The molecule has 3 rings (SSSR count). The zero-order valence-electron chi connectivity index (χ0n) is 11.6. The summed E-state index contributed by atoms with van der Waals surface area (Å²) >= 11 is 1.66. The fraction of sp³-hybridized carbons (Fsp3) is 0.429. The number of rotatable bonds is 2. The molecule has 2 heterocycles. The Morgan fingerprint density at radius 1 is 1.45 bits per heavy atom. The maximum absolute atomic E-state index is 12.0. The summed E-state index contributed by atoms with van der Waals surface area (Å²) in [7, 11) is 3.50. The third-order valence-electron chi connectivity index (χ3n) is 3.34. The van der Waals surface area contributed by atoms with Crippen molar-refractivity contribution in [1.29, 1.82) is 0 Å². The number of likely N-dealkylation sites (N-methyl/N-ethyl adjacent to an activating group) is 1. The molecule has 5 nitrogen and oxygen atoms in total. The van der Waals surface area contributed by atoms with Gasteiger partial charge in [-0.05, 0) is 12.1 Å². The highest BCUT2D eigenvalue weighted by atomic mass is 32.1. The van der Waals surface area contributed by atoms with Crippen LogP contribution in [0.15, 0.2) is 24.3 Å². The topological polar surface area (TPSA) is 45.7 Å². The van der Waals surface area contributed by atoms with Gasteiger partial charge in [0.25, 0.3) is 5.91 Å². The minimum Gasteiger partial charge on any atom is -0.365 e. The summed E-state index contributed by atoms with van der Waals surface area (Å²) in [6.45, 7) is 1.90. The number of aromatic nitrogens is 1. The van der Waals surface area contributed by atoms with Gasteiger partial charge >= 0.3 is 0 Å². The third-order valence-corrected chi connectivity index (χ3v) is 4.43. The van der Waals surface area contributed by atoms with E-state index in [-0.39, 0.29) is 5.91 Å². The van der Waals surface area contributed by atoms with Crippen LogP contribution in [0.3, 0.4) is 0 Å². The van der Waals surface area contributed by atoms with Crippen molar-refractivity contribution < 1.29 is 9.53 Å². The molecule has 1 fully saturated rings. The van der Waals surface area contributed by atoms with Gasteiger partial charge in [-0.25, -0.2) is 4.98 Å². The van der Waals surface area contributed by atoms with Gasteiger partial charge in [0.1, 0.15) is 0 Å². The number of thiazole rings is 1. The summed E-state index contributed by atoms with van der Waals surface area (Å²) in [5.74, 6) is 0.0100. The van der Waals surface area contributed by atoms with Crippen LogP contribution in [-0.2, 0) is 9.53 Å². The number of hydrogen-bond donors (Lipinski definition) is 0. The van der Waals surface area contributed by atoms with E-state index >= 15 is 0 Å². The Morgan fingerprint density at radius 2 is 2.25 bits per heavy atom. The van der Waals surface area contributed by atoms with Crippen LogP contribution in [-0.4, -0.2) is 55.7 Å². The molecule has 1 aliphatic rings. The maximum Gasteiger partial charge on any atom is 0.253 e. The number of hydrogen-bond acceptors (Lipinski definition) is 5. The molecule has 6 heteroatoms. The van der Waals surface area contributed by atoms with E-state index in [9.17, 15) is 4.79 Å². The standard InChI is InChI=1S/C14H17N3O2S/c1-16(2)13(18)11-9-17(7-8-19-11)14-15-10-5-3-4-6-12(10)20-14/h3-6,11H,7-9H2,1-2H3. The van der Waals surface area contributed by atoms with Crippen molar-refractivity contribution in [2.45, 2.75) is 6.10 Å². The van der Waals surface area contributed by atoms with E-state index in [2.05, 4.69) is 16.0 Å². The van der Waals surface area contributed by atoms with E-state index < -0.39 is 6.10 Å². The Kier molecular flexibility index (Phi) is 3.58. The Labute approximate surface area is 121 Å². The highest BCUT2D eigenvalue weighted by Crippen LogP contribution is 2.29. The van der Waals surface area contributed by atoms with Gasteiger partial charge in [-0.2, -0.15) is 0 Å². The van der Waals surface area contributed by atoms with E-state index in [4.69, 9.17) is 4.74 Å². The average molecular weight is 291 g/mol. The lowest BCUT2D eigenvalue weighted by atomic mass is 10.2. The Bertz CT molecular complexity index is 593. The Hall–Kier alpha value is -1.66. The summed E-state index contributed by atoms with van der Waals surface area (Å²) in [4.78, 5) is 20.4. The number of amides is 1. The van der Waals surface area contributed by atoms with Crippen molar-refractivity contribution in [3.63, 3.8) is 0 Å². The van der Waals surface area contributed by atoms with E-state index in [0.717, 1.165) is 17.2 Å². The summed E-state index contributed by atoms with van der Waals surface area (Å²) in [5, 5.41) is 0.964. The maximum atomic E-state index is 12.0. The second-order valence-electron chi connectivity index (χ2n) is 5.00. The lowest BCUT2D eigenvalue weighted by Crippen LogP contribution is -2.49. The zero-order valence-corrected chi connectivity index (χ0v) is 12.4. The summed E-state index contributed by atoms with van der Waals surface area (Å²) in [5.41, 5.74) is 1.01. The molecule has 1 unspecified atom stereocenters. The fourth-order valence-corrected chi connectivity index (χ4v) is 3.26. The third kappa shape index (κ3) is 2.48. The fourth-order valence-electron chi connectivity index (χ4n) is 2.26. The first-order valence-electron chi connectivity index (χ1n) is 6.58. The molecule has 1 atom stereocenters. The lowest BCUT2D eigenvalue weighted by Gasteiger charge is -2.33. The van der Waals surface area contributed by atoms with Gasteiger partial charge in [-0.1, -0.05) is 23.5 Å². The van der Waals surface area contributed by atoms with Gasteiger partial charge in [0.15, 0.2) is 11.2 Å². The van der Waals surface area contributed by atoms with Gasteiger partial charge < -0.3 is 14.5 Å². The molecule has 2 aromatic rings. The van der Waals surface area contributed by atoms with Crippen molar-refractivity contribution in [1.82, 2.24) is 9.88 Å². The summed E-state index contributed by atoms with van der Waals surface area (Å²) in [6, 6.07) is 8.09. The Balaban J connectivity index is 1.81. The smallest absolute Gasteiger partial charge is 0.253 e. The van der Waals surface area contributed by atoms with Crippen LogP contribution in [0.5, 0.6) is 0 Å². The number of anilines is 1. The number of carbonyl (C=O) groups excluding carboxylic acids is 1. The van der Waals surface area contributed by atoms with Gasteiger partial charge in [0.2, 0.25) is 0 Å². The predicted molar refractivity (Wildman–Crippen MR) is 80.3 cm³/mol. The summed E-state index contributed by atoms with van der Waals surface area (Å²) < 4.78 is 6.74. The van der Waals surface area contributed by atoms with Crippen molar-refractivity contribution in [3.8, 4) is 0 Å². The minimum atomic E-state index is -0.397. The van der Waals surface area contributed by atoms with Crippen LogP contribution in [0, 0.1) is 0 Å². The van der Waals surface area contributed by atoms with Gasteiger partial charge in [-0.3, -0.25) is 4.79 Å². The second-order valence-corrected chi connectivity index (χ2v) is 6.01. The molecule has 1 saturated heterocycles. The minimum absolute atomic E-state index is 0.0100. The molecular formula is C14H17N3O2S. The molecule has 0 saturated carbocycles. The molecule has 1 amide bonds. The number of ether oxygens (including phenoxy) is 1. The molecule has 106 valence electrons. The number of fused-ring (bicyclic) bond motifs is 1. The zero-order chi connectivity index (χ0) is 14.1. The molecule has 1 aliphatic heterocycles. The van der Waals surface area contributed by atoms with Gasteiger partial charge in [0.05, 0.1) is 23.4 Å². The van der Waals surface area contributed by atoms with E-state index in [1.54, 1.807) is 30.3 Å². The predicted octanol–water partition coefficient (Wildman–Crippen LogP) is 1.59. The normalized spacial score (nSPS) is 19.3. The van der Waals surface area contributed by atoms with E-state index in [1.807, 2.05) is 18.2 Å². The number of morpholine rings is 1. The number of nitrogens with zero attached hydrogens (tertiary/aromatic N) is 3. The van der Waals surface area contributed by atoms with Crippen LogP contribution in [0.4, 0.5) is 5.13 Å². The first-order chi connectivity index (χ1) is 9.65. The highest BCUT2D eigenvalue weighted by Gasteiger charge is 2.29. The number of carbonyl (C=O) groups is 1. The first kappa shape index (κ1) is 13.3. The van der Waals surface area contributed by atoms with Crippen molar-refractivity contribution in [3.05, 3.63) is 24.3 Å². The number of para-hydroxylation sites is 1. The van der Waals surface area contributed by atoms with Gasteiger partial charge in [0, 0.05) is 20.6 Å². The van der Waals surface area contributed by atoms with Crippen LogP contribution < -0.4 is 4.90 Å². The van der Waals surface area contributed by atoms with Crippen molar-refractivity contribution >= 4 is 32.6 Å². The molecule has 0 spiro atoms. The molecular weight excluding hydrogens is 274 g/mol. The summed E-state index contributed by atoms with van der Waals surface area (Å²) in [6.07, 6.45) is -0.397. The molecule has 20 heavy (non-hydrogen) atoms. The number of benzene rings is 1. The average Bonchev–Trinajstić information content (AvgIpc) is 2.90. The largest absolute Gasteiger partial charge is 0.365 e. The van der Waals surface area contributed by atoms with Gasteiger partial charge in [-0.15, -0.1) is 0 Å². The van der Waals surface area contributed by atoms with E-state index in [0.29, 0.717) is 13.2 Å². The van der Waals surface area contributed by atoms with Crippen LogP contribution >= 0.6 is 11.3 Å². The molecule has 0 N–H and O–H groups in total. The molecule has 1 aromatic carbocycles. The van der Waals surface area contributed by atoms with Crippen LogP contribution in [0.2, 0.25) is 0 Å². The van der Waals surface area contributed by atoms with Crippen molar-refractivity contribution in [2.75, 3.05) is 38.7 Å². The van der Waals surface area contributed by atoms with Crippen LogP contribution in [0.1, 0.15) is 0 Å². The SMILES string of the molecule is CN(C)C(=O)C1CN(c2nc3ccccc3s2)CCO1. The molecule has 0 radical (unpaired) electrons.